The Morgan fingerprint density at radius 1 is 1.47 bits per heavy atom. The van der Waals surface area contributed by atoms with Crippen LogP contribution in [-0.4, -0.2) is 56.0 Å². The third-order valence-electron chi connectivity index (χ3n) is 3.83. The predicted molar refractivity (Wildman–Crippen MR) is 65.0 cm³/mol. The fourth-order valence-electron chi connectivity index (χ4n) is 2.82. The molecule has 1 spiro atoms. The molecule has 1 aliphatic carbocycles. The van der Waals surface area contributed by atoms with Gasteiger partial charge >= 0.3 is 0 Å². The van der Waals surface area contributed by atoms with Crippen molar-refractivity contribution in [3.8, 4) is 0 Å². The monoisotopic (exact) mass is 239 g/mol. The molecular formula is C12H21N3O2. The summed E-state index contributed by atoms with van der Waals surface area (Å²) in [5.74, 6) is 0.747. The Bertz CT molecular complexity index is 313. The normalized spacial score (nSPS) is 31.2. The second-order valence-corrected chi connectivity index (χ2v) is 5.18. The maximum atomic E-state index is 6.05. The topological polar surface area (TPSA) is 46.1 Å². The summed E-state index contributed by atoms with van der Waals surface area (Å²) in [5.41, 5.74) is 0. The smallest absolute Gasteiger partial charge is 0.193 e. The highest BCUT2D eigenvalue weighted by Gasteiger charge is 2.43. The van der Waals surface area contributed by atoms with E-state index in [0.29, 0.717) is 6.61 Å². The van der Waals surface area contributed by atoms with Crippen molar-refractivity contribution >= 4 is 5.96 Å². The van der Waals surface area contributed by atoms with Gasteiger partial charge in [0.15, 0.2) is 11.7 Å². The molecule has 0 aromatic rings. The first-order valence-corrected chi connectivity index (χ1v) is 6.59. The number of nitrogens with one attached hydrogen (secondary N) is 1. The van der Waals surface area contributed by atoms with Crippen LogP contribution in [0.5, 0.6) is 0 Å². The largest absolute Gasteiger partial charge is 0.354 e. The third kappa shape index (κ3) is 2.26. The van der Waals surface area contributed by atoms with Gasteiger partial charge in [-0.2, -0.15) is 0 Å². The molecule has 2 fully saturated rings. The zero-order valence-electron chi connectivity index (χ0n) is 10.4. The molecule has 1 N–H and O–H groups in total. The van der Waals surface area contributed by atoms with Crippen LogP contribution in [0.4, 0.5) is 0 Å². The molecule has 3 rings (SSSR count). The number of aliphatic imine (C=N–C) groups is 1. The summed E-state index contributed by atoms with van der Waals surface area (Å²) in [5, 5.41) is 3.35. The van der Waals surface area contributed by atoms with Crippen LogP contribution < -0.4 is 5.32 Å². The van der Waals surface area contributed by atoms with Gasteiger partial charge in [0.1, 0.15) is 6.10 Å². The maximum Gasteiger partial charge on any atom is 0.193 e. The number of likely N-dealkylation sites (N-methyl/N-ethyl adjacent to an activating group) is 1. The number of nitrogens with zero attached hydrogens (tertiary/aromatic N) is 2. The van der Waals surface area contributed by atoms with Gasteiger partial charge in [0, 0.05) is 33.0 Å². The summed E-state index contributed by atoms with van der Waals surface area (Å²) in [6.07, 6.45) is 4.75. The summed E-state index contributed by atoms with van der Waals surface area (Å²) >= 11 is 0. The Labute approximate surface area is 102 Å². The summed E-state index contributed by atoms with van der Waals surface area (Å²) in [7, 11) is 2.06. The van der Waals surface area contributed by atoms with Gasteiger partial charge in [-0.05, 0) is 12.8 Å². The van der Waals surface area contributed by atoms with Crippen LogP contribution in [0.1, 0.15) is 25.7 Å². The molecular weight excluding hydrogens is 218 g/mol. The molecule has 1 unspecified atom stereocenters. The van der Waals surface area contributed by atoms with Crippen LogP contribution in [0, 0.1) is 0 Å². The van der Waals surface area contributed by atoms with E-state index in [2.05, 4.69) is 22.3 Å². The van der Waals surface area contributed by atoms with Crippen molar-refractivity contribution in [2.75, 3.05) is 33.3 Å². The fourth-order valence-corrected chi connectivity index (χ4v) is 2.82. The van der Waals surface area contributed by atoms with E-state index in [1.807, 2.05) is 0 Å². The quantitative estimate of drug-likeness (QED) is 0.765. The van der Waals surface area contributed by atoms with E-state index in [1.54, 1.807) is 0 Å². The number of guanidine groups is 1. The Morgan fingerprint density at radius 3 is 3.00 bits per heavy atom. The van der Waals surface area contributed by atoms with Crippen LogP contribution in [0.2, 0.25) is 0 Å². The van der Waals surface area contributed by atoms with Crippen LogP contribution in [-0.2, 0) is 9.47 Å². The highest BCUT2D eigenvalue weighted by atomic mass is 16.7. The molecule has 0 aromatic heterocycles. The summed E-state index contributed by atoms with van der Waals surface area (Å²) in [6, 6.07) is 0. The Hall–Kier alpha value is -0.810. The first kappa shape index (κ1) is 11.3. The van der Waals surface area contributed by atoms with E-state index < -0.39 is 0 Å². The zero-order valence-corrected chi connectivity index (χ0v) is 10.4. The average Bonchev–Trinajstić information content (AvgIpc) is 3.01. The summed E-state index contributed by atoms with van der Waals surface area (Å²) in [6.45, 7) is 3.41. The molecule has 0 amide bonds. The molecule has 1 saturated heterocycles. The number of hydrogen-bond acceptors (Lipinski definition) is 5. The van der Waals surface area contributed by atoms with Crippen LogP contribution in [0.3, 0.4) is 0 Å². The summed E-state index contributed by atoms with van der Waals surface area (Å²) in [4.78, 5) is 6.54. The molecule has 2 heterocycles. The lowest BCUT2D eigenvalue weighted by molar-refractivity contribution is -0.160. The van der Waals surface area contributed by atoms with Crippen LogP contribution in [0.25, 0.3) is 0 Å². The number of rotatable bonds is 2. The van der Waals surface area contributed by atoms with Crippen LogP contribution >= 0.6 is 0 Å². The SMILES string of the molecule is CN1CCN=C1NCC1COC2(CCCC2)O1. The van der Waals surface area contributed by atoms with E-state index in [1.165, 1.54) is 12.8 Å². The average molecular weight is 239 g/mol. The van der Waals surface area contributed by atoms with Crippen molar-refractivity contribution < 1.29 is 9.47 Å². The van der Waals surface area contributed by atoms with Crippen molar-refractivity contribution in [3.05, 3.63) is 0 Å². The van der Waals surface area contributed by atoms with Gasteiger partial charge in [-0.1, -0.05) is 0 Å². The lowest BCUT2D eigenvalue weighted by Crippen LogP contribution is -2.40. The van der Waals surface area contributed by atoms with Crippen molar-refractivity contribution in [2.45, 2.75) is 37.6 Å². The molecule has 5 nitrogen and oxygen atoms in total. The molecule has 1 saturated carbocycles. The Morgan fingerprint density at radius 2 is 2.29 bits per heavy atom. The second kappa shape index (κ2) is 4.46. The first-order chi connectivity index (χ1) is 8.27. The van der Waals surface area contributed by atoms with Gasteiger partial charge in [-0.3, -0.25) is 4.99 Å². The Kier molecular flexibility index (Phi) is 2.96. The lowest BCUT2D eigenvalue weighted by Gasteiger charge is -2.22. The molecule has 96 valence electrons. The highest BCUT2D eigenvalue weighted by Crippen LogP contribution is 2.38. The highest BCUT2D eigenvalue weighted by molar-refractivity contribution is 5.81. The minimum atomic E-state index is -0.240. The third-order valence-corrected chi connectivity index (χ3v) is 3.83. The molecule has 0 radical (unpaired) electrons. The van der Waals surface area contributed by atoms with Gasteiger partial charge in [-0.25, -0.2) is 0 Å². The molecule has 5 heteroatoms. The molecule has 2 aliphatic heterocycles. The first-order valence-electron chi connectivity index (χ1n) is 6.59. The fraction of sp³-hybridized carbons (Fsp3) is 0.917. The Balaban J connectivity index is 1.47. The van der Waals surface area contributed by atoms with E-state index in [0.717, 1.165) is 38.4 Å². The number of ether oxygens (including phenoxy) is 2. The molecule has 1 atom stereocenters. The van der Waals surface area contributed by atoms with Gasteiger partial charge < -0.3 is 19.7 Å². The minimum Gasteiger partial charge on any atom is -0.354 e. The second-order valence-electron chi connectivity index (χ2n) is 5.18. The van der Waals surface area contributed by atoms with E-state index in [-0.39, 0.29) is 11.9 Å². The van der Waals surface area contributed by atoms with Crippen molar-refractivity contribution in [1.29, 1.82) is 0 Å². The van der Waals surface area contributed by atoms with Crippen molar-refractivity contribution in [1.82, 2.24) is 10.2 Å². The van der Waals surface area contributed by atoms with Gasteiger partial charge in [-0.15, -0.1) is 0 Å². The standard InChI is InChI=1S/C12H21N3O2/c1-15-7-6-13-11(15)14-8-10-9-16-12(17-10)4-2-3-5-12/h10H,2-9H2,1H3,(H,13,14). The zero-order chi connectivity index (χ0) is 11.7. The van der Waals surface area contributed by atoms with Gasteiger partial charge in [0.25, 0.3) is 0 Å². The minimum absolute atomic E-state index is 0.171. The predicted octanol–water partition coefficient (Wildman–Crippen LogP) is 0.563. The van der Waals surface area contributed by atoms with Crippen LogP contribution in [0.15, 0.2) is 4.99 Å². The van der Waals surface area contributed by atoms with Gasteiger partial charge in [0.2, 0.25) is 0 Å². The molecule has 17 heavy (non-hydrogen) atoms. The van der Waals surface area contributed by atoms with E-state index in [9.17, 15) is 0 Å². The van der Waals surface area contributed by atoms with Crippen molar-refractivity contribution in [3.63, 3.8) is 0 Å². The molecule has 0 bridgehead atoms. The maximum absolute atomic E-state index is 6.05. The lowest BCUT2D eigenvalue weighted by atomic mass is 10.2. The molecule has 0 aromatic carbocycles. The van der Waals surface area contributed by atoms with E-state index >= 15 is 0 Å². The van der Waals surface area contributed by atoms with Gasteiger partial charge in [0.05, 0.1) is 13.2 Å². The van der Waals surface area contributed by atoms with Crippen molar-refractivity contribution in [2.24, 2.45) is 4.99 Å². The summed E-state index contributed by atoms with van der Waals surface area (Å²) < 4.78 is 11.9. The number of hydrogen-bond donors (Lipinski definition) is 1. The van der Waals surface area contributed by atoms with E-state index in [4.69, 9.17) is 9.47 Å². The molecule has 3 aliphatic rings.